The summed E-state index contributed by atoms with van der Waals surface area (Å²) in [4.78, 5) is 18.7. The van der Waals surface area contributed by atoms with Gasteiger partial charge in [-0.25, -0.2) is 4.68 Å². The number of thioether (sulfide) groups is 1. The highest BCUT2D eigenvalue weighted by atomic mass is 35.5. The quantitative estimate of drug-likeness (QED) is 0.204. The second-order valence-electron chi connectivity index (χ2n) is 9.26. The summed E-state index contributed by atoms with van der Waals surface area (Å²) < 4.78 is 24.0. The van der Waals surface area contributed by atoms with E-state index in [1.807, 2.05) is 55.5 Å². The first kappa shape index (κ1) is 29.2. The van der Waals surface area contributed by atoms with Gasteiger partial charge < -0.3 is 29.6 Å². The van der Waals surface area contributed by atoms with Crippen LogP contribution in [0.3, 0.4) is 0 Å². The van der Waals surface area contributed by atoms with Crippen LogP contribution in [0.1, 0.15) is 24.1 Å². The highest BCUT2D eigenvalue weighted by molar-refractivity contribution is 7.98. The van der Waals surface area contributed by atoms with Crippen molar-refractivity contribution in [3.63, 3.8) is 0 Å². The van der Waals surface area contributed by atoms with E-state index in [4.69, 9.17) is 40.6 Å². The van der Waals surface area contributed by atoms with E-state index in [0.29, 0.717) is 67.4 Å². The number of ether oxygens (including phenoxy) is 4. The van der Waals surface area contributed by atoms with Gasteiger partial charge in [0.2, 0.25) is 16.9 Å². The van der Waals surface area contributed by atoms with E-state index in [1.54, 1.807) is 45.3 Å². The van der Waals surface area contributed by atoms with Crippen LogP contribution in [-0.2, 0) is 10.5 Å². The largest absolute Gasteiger partial charge is 0.495 e. The number of hydrogen-bond donors (Lipinski definition) is 2. The number of benzene rings is 3. The molecule has 3 aromatic carbocycles. The fourth-order valence-corrected chi connectivity index (χ4v) is 5.63. The minimum absolute atomic E-state index is 0.334. The number of nitrogens with zero attached hydrogens (tertiary/aromatic N) is 3. The topological polar surface area (TPSA) is 109 Å². The lowest BCUT2D eigenvalue weighted by molar-refractivity contribution is -0.113. The molecule has 10 nitrogen and oxygen atoms in total. The first-order valence-electron chi connectivity index (χ1n) is 12.9. The molecule has 1 amide bonds. The lowest BCUT2D eigenvalue weighted by atomic mass is 9.94. The molecule has 42 heavy (non-hydrogen) atoms. The van der Waals surface area contributed by atoms with Crippen LogP contribution in [-0.4, -0.2) is 49.1 Å². The lowest BCUT2D eigenvalue weighted by Crippen LogP contribution is -2.31. The van der Waals surface area contributed by atoms with Crippen LogP contribution in [0, 0.1) is 0 Å². The minimum Gasteiger partial charge on any atom is -0.495 e. The SMILES string of the molecule is COc1ccccc1NC(=O)C1=C(C)Nc2nc(SCc3ccc(Cl)cc3)nn2[C@H]1c1cc(OC)c(OC)c(OC)c1. The molecule has 0 fully saturated rings. The van der Waals surface area contributed by atoms with Crippen molar-refractivity contribution < 1.29 is 23.7 Å². The molecule has 1 aliphatic heterocycles. The van der Waals surface area contributed by atoms with Gasteiger partial charge in [-0.2, -0.15) is 4.98 Å². The Bertz CT molecular complexity index is 1610. The molecule has 0 bridgehead atoms. The maximum absolute atomic E-state index is 14.0. The maximum Gasteiger partial charge on any atom is 0.255 e. The molecule has 2 N–H and O–H groups in total. The van der Waals surface area contributed by atoms with Crippen molar-refractivity contribution in [2.45, 2.75) is 23.9 Å². The molecule has 0 spiro atoms. The molecule has 0 radical (unpaired) electrons. The summed E-state index contributed by atoms with van der Waals surface area (Å²) in [6.45, 7) is 1.83. The van der Waals surface area contributed by atoms with Crippen molar-refractivity contribution in [3.05, 3.63) is 88.1 Å². The number of fused-ring (bicyclic) bond motifs is 1. The van der Waals surface area contributed by atoms with Gasteiger partial charge in [-0.15, -0.1) is 5.10 Å². The third-order valence-corrected chi connectivity index (χ3v) is 7.88. The first-order chi connectivity index (χ1) is 20.4. The number of methoxy groups -OCH3 is 4. The Labute approximate surface area is 253 Å². The van der Waals surface area contributed by atoms with Crippen molar-refractivity contribution in [1.82, 2.24) is 14.8 Å². The smallest absolute Gasteiger partial charge is 0.255 e. The Hall–Kier alpha value is -4.35. The number of rotatable bonds is 10. The molecule has 0 unspecified atom stereocenters. The summed E-state index contributed by atoms with van der Waals surface area (Å²) in [6.07, 6.45) is 0. The van der Waals surface area contributed by atoms with E-state index in [9.17, 15) is 4.79 Å². The predicted octanol–water partition coefficient (Wildman–Crippen LogP) is 6.19. The summed E-state index contributed by atoms with van der Waals surface area (Å²) in [6, 6.07) is 17.8. The Morgan fingerprint density at radius 2 is 1.64 bits per heavy atom. The minimum atomic E-state index is -0.679. The summed E-state index contributed by atoms with van der Waals surface area (Å²) in [7, 11) is 6.19. The number of amides is 1. The normalized spacial score (nSPS) is 14.1. The molecular formula is C30H30ClN5O5S. The standard InChI is InChI=1S/C30H30ClN5O5S/c1-17-25(28(37)33-21-8-6-7-9-22(21)38-2)26(19-14-23(39-3)27(41-5)24(15-19)40-4)36-29(32-17)34-30(35-36)42-16-18-10-12-20(31)13-11-18/h6-15,26H,16H2,1-5H3,(H,33,37)(H,32,34,35)/t26-/m0/s1. The van der Waals surface area contributed by atoms with Crippen molar-refractivity contribution in [2.24, 2.45) is 0 Å². The van der Waals surface area contributed by atoms with E-state index < -0.39 is 6.04 Å². The molecule has 0 aliphatic carbocycles. The van der Waals surface area contributed by atoms with Gasteiger partial charge in [0.05, 0.1) is 39.7 Å². The molecule has 1 atom stereocenters. The van der Waals surface area contributed by atoms with E-state index >= 15 is 0 Å². The molecule has 2 heterocycles. The molecule has 4 aromatic rings. The van der Waals surface area contributed by atoms with Gasteiger partial charge in [0, 0.05) is 16.5 Å². The average Bonchev–Trinajstić information content (AvgIpc) is 3.41. The zero-order chi connectivity index (χ0) is 29.8. The number of halogens is 1. The van der Waals surface area contributed by atoms with Crippen LogP contribution in [0.2, 0.25) is 5.02 Å². The van der Waals surface area contributed by atoms with Crippen LogP contribution < -0.4 is 29.6 Å². The molecule has 0 saturated heterocycles. The number of para-hydroxylation sites is 2. The molecule has 1 aliphatic rings. The number of anilines is 2. The van der Waals surface area contributed by atoms with Crippen molar-refractivity contribution in [3.8, 4) is 23.0 Å². The maximum atomic E-state index is 14.0. The van der Waals surface area contributed by atoms with E-state index in [0.717, 1.165) is 5.56 Å². The predicted molar refractivity (Wildman–Crippen MR) is 163 cm³/mol. The fourth-order valence-electron chi connectivity index (χ4n) is 4.72. The number of carbonyl (C=O) groups excluding carboxylic acids is 1. The summed E-state index contributed by atoms with van der Waals surface area (Å²) in [5.74, 6) is 2.69. The second kappa shape index (κ2) is 12.7. The molecular weight excluding hydrogens is 578 g/mol. The van der Waals surface area contributed by atoms with Gasteiger partial charge in [0.15, 0.2) is 11.5 Å². The Kier molecular flexibility index (Phi) is 8.79. The molecule has 12 heteroatoms. The number of allylic oxidation sites excluding steroid dienone is 1. The molecule has 218 valence electrons. The van der Waals surface area contributed by atoms with Gasteiger partial charge >= 0.3 is 0 Å². The highest BCUT2D eigenvalue weighted by Crippen LogP contribution is 2.44. The zero-order valence-corrected chi connectivity index (χ0v) is 25.3. The van der Waals surface area contributed by atoms with E-state index in [-0.39, 0.29) is 5.91 Å². The Morgan fingerprint density at radius 3 is 2.29 bits per heavy atom. The van der Waals surface area contributed by atoms with Crippen molar-refractivity contribution >= 4 is 40.9 Å². The number of carbonyl (C=O) groups is 1. The van der Waals surface area contributed by atoms with Crippen molar-refractivity contribution in [1.29, 1.82) is 0 Å². The van der Waals surface area contributed by atoms with Gasteiger partial charge in [0.25, 0.3) is 5.91 Å². The summed E-state index contributed by atoms with van der Waals surface area (Å²) in [5.41, 5.74) is 3.36. The van der Waals surface area contributed by atoms with Crippen LogP contribution in [0.25, 0.3) is 0 Å². The zero-order valence-electron chi connectivity index (χ0n) is 23.7. The molecule has 1 aromatic heterocycles. The molecule has 5 rings (SSSR count). The fraction of sp³-hybridized carbons (Fsp3) is 0.233. The first-order valence-corrected chi connectivity index (χ1v) is 14.3. The van der Waals surface area contributed by atoms with E-state index in [1.165, 1.54) is 11.8 Å². The Balaban J connectivity index is 1.58. The van der Waals surface area contributed by atoms with Crippen molar-refractivity contribution in [2.75, 3.05) is 39.1 Å². The van der Waals surface area contributed by atoms with Gasteiger partial charge in [-0.1, -0.05) is 47.6 Å². The third-order valence-electron chi connectivity index (χ3n) is 6.72. The monoisotopic (exact) mass is 607 g/mol. The molecule has 0 saturated carbocycles. The average molecular weight is 608 g/mol. The second-order valence-corrected chi connectivity index (χ2v) is 10.6. The number of aromatic nitrogens is 3. The number of nitrogens with one attached hydrogen (secondary N) is 2. The number of hydrogen-bond acceptors (Lipinski definition) is 9. The van der Waals surface area contributed by atoms with Gasteiger partial charge in [0.1, 0.15) is 11.8 Å². The highest BCUT2D eigenvalue weighted by Gasteiger charge is 2.36. The van der Waals surface area contributed by atoms with Crippen LogP contribution in [0.4, 0.5) is 11.6 Å². The van der Waals surface area contributed by atoms with Crippen LogP contribution in [0.5, 0.6) is 23.0 Å². The van der Waals surface area contributed by atoms with Crippen LogP contribution >= 0.6 is 23.4 Å². The van der Waals surface area contributed by atoms with E-state index in [2.05, 4.69) is 10.6 Å². The summed E-state index contributed by atoms with van der Waals surface area (Å²) in [5, 5.41) is 12.3. The van der Waals surface area contributed by atoms with Gasteiger partial charge in [-0.05, 0) is 54.4 Å². The van der Waals surface area contributed by atoms with Gasteiger partial charge in [-0.3, -0.25) is 4.79 Å². The van der Waals surface area contributed by atoms with Crippen LogP contribution in [0.15, 0.2) is 77.1 Å². The Morgan fingerprint density at radius 1 is 0.976 bits per heavy atom. The summed E-state index contributed by atoms with van der Waals surface area (Å²) >= 11 is 7.52. The lowest BCUT2D eigenvalue weighted by Gasteiger charge is -2.29. The third kappa shape index (κ3) is 5.83.